The number of methoxy groups -OCH3 is 1. The summed E-state index contributed by atoms with van der Waals surface area (Å²) >= 11 is 0. The van der Waals surface area contributed by atoms with Gasteiger partial charge in [-0.15, -0.1) is 0 Å². The fraction of sp³-hybridized carbons (Fsp3) is 0.312. The number of rotatable bonds is 4. The molecular formula is C16H18O3. The van der Waals surface area contributed by atoms with E-state index in [0.29, 0.717) is 19.3 Å². The zero-order valence-corrected chi connectivity index (χ0v) is 11.0. The normalized spacial score (nSPS) is 22.9. The van der Waals surface area contributed by atoms with Gasteiger partial charge in [0.15, 0.2) is 5.78 Å². The number of aliphatic hydroxyl groups is 1. The summed E-state index contributed by atoms with van der Waals surface area (Å²) in [7, 11) is 1.63. The first-order valence-electron chi connectivity index (χ1n) is 6.37. The van der Waals surface area contributed by atoms with Crippen LogP contribution in [0, 0.1) is 0 Å². The van der Waals surface area contributed by atoms with Gasteiger partial charge in [-0.05, 0) is 31.1 Å². The lowest BCUT2D eigenvalue weighted by Gasteiger charge is -2.25. The van der Waals surface area contributed by atoms with Gasteiger partial charge in [0.2, 0.25) is 0 Å². The van der Waals surface area contributed by atoms with Gasteiger partial charge in [-0.1, -0.05) is 30.4 Å². The second-order valence-electron chi connectivity index (χ2n) is 4.75. The van der Waals surface area contributed by atoms with Crippen LogP contribution in [0.4, 0.5) is 0 Å². The van der Waals surface area contributed by atoms with Gasteiger partial charge in [-0.2, -0.15) is 0 Å². The van der Waals surface area contributed by atoms with Gasteiger partial charge in [0.05, 0.1) is 12.7 Å². The van der Waals surface area contributed by atoms with Crippen molar-refractivity contribution >= 4 is 11.9 Å². The third-order valence-electron chi connectivity index (χ3n) is 3.29. The maximum Gasteiger partial charge on any atom is 0.155 e. The molecule has 3 nitrogen and oxygen atoms in total. The van der Waals surface area contributed by atoms with Gasteiger partial charge in [0.25, 0.3) is 0 Å². The van der Waals surface area contributed by atoms with E-state index in [9.17, 15) is 9.90 Å². The molecule has 0 saturated heterocycles. The van der Waals surface area contributed by atoms with Crippen LogP contribution in [0.3, 0.4) is 0 Å². The average Bonchev–Trinajstić information content (AvgIpc) is 2.43. The fourth-order valence-corrected chi connectivity index (χ4v) is 2.12. The van der Waals surface area contributed by atoms with Crippen molar-refractivity contribution < 1.29 is 14.6 Å². The van der Waals surface area contributed by atoms with Crippen molar-refractivity contribution in [1.29, 1.82) is 0 Å². The summed E-state index contributed by atoms with van der Waals surface area (Å²) in [6.07, 6.45) is 8.31. The summed E-state index contributed by atoms with van der Waals surface area (Å²) < 4.78 is 5.25. The Morgan fingerprint density at radius 1 is 1.42 bits per heavy atom. The zero-order chi connectivity index (χ0) is 13.7. The highest BCUT2D eigenvalue weighted by molar-refractivity contribution is 5.90. The summed E-state index contributed by atoms with van der Waals surface area (Å²) in [5.74, 6) is 0.887. The maximum absolute atomic E-state index is 11.1. The minimum atomic E-state index is -0.896. The Kier molecular flexibility index (Phi) is 4.17. The van der Waals surface area contributed by atoms with E-state index >= 15 is 0 Å². The summed E-state index contributed by atoms with van der Waals surface area (Å²) in [4.78, 5) is 11.1. The number of ether oxygens (including phenoxy) is 1. The fourth-order valence-electron chi connectivity index (χ4n) is 2.12. The number of benzene rings is 1. The Morgan fingerprint density at radius 3 is 2.89 bits per heavy atom. The van der Waals surface area contributed by atoms with Crippen molar-refractivity contribution in [3.8, 4) is 5.75 Å². The highest BCUT2D eigenvalue weighted by Crippen LogP contribution is 2.25. The van der Waals surface area contributed by atoms with E-state index in [0.717, 1.165) is 11.3 Å². The molecule has 0 saturated carbocycles. The van der Waals surface area contributed by atoms with Crippen LogP contribution >= 0.6 is 0 Å². The van der Waals surface area contributed by atoms with Crippen molar-refractivity contribution in [2.75, 3.05) is 7.11 Å². The van der Waals surface area contributed by atoms with E-state index in [2.05, 4.69) is 0 Å². The molecule has 3 heteroatoms. The van der Waals surface area contributed by atoms with Crippen LogP contribution in [-0.2, 0) is 4.79 Å². The summed E-state index contributed by atoms with van der Waals surface area (Å²) in [6.45, 7) is 0. The quantitative estimate of drug-likeness (QED) is 0.903. The van der Waals surface area contributed by atoms with Gasteiger partial charge in [0.1, 0.15) is 5.75 Å². The average molecular weight is 258 g/mol. The molecular weight excluding hydrogens is 240 g/mol. The molecule has 1 aliphatic rings. The molecule has 0 bridgehead atoms. The zero-order valence-electron chi connectivity index (χ0n) is 11.0. The molecule has 100 valence electrons. The lowest BCUT2D eigenvalue weighted by Crippen LogP contribution is -2.29. The van der Waals surface area contributed by atoms with Crippen LogP contribution in [0.5, 0.6) is 5.75 Å². The Bertz CT molecular complexity index is 516. The van der Waals surface area contributed by atoms with Crippen LogP contribution in [-0.4, -0.2) is 23.6 Å². The maximum atomic E-state index is 11.1. The number of carbonyl (C=O) groups is 1. The minimum absolute atomic E-state index is 0.0818. The van der Waals surface area contributed by atoms with Gasteiger partial charge in [0, 0.05) is 12.0 Å². The van der Waals surface area contributed by atoms with Crippen LogP contribution < -0.4 is 4.74 Å². The van der Waals surface area contributed by atoms with Crippen LogP contribution in [0.15, 0.2) is 42.5 Å². The number of ketones is 1. The topological polar surface area (TPSA) is 46.5 Å². The van der Waals surface area contributed by atoms with Gasteiger partial charge in [-0.25, -0.2) is 0 Å². The molecule has 2 rings (SSSR count). The lowest BCUT2D eigenvalue weighted by atomic mass is 9.87. The molecule has 1 N–H and O–H groups in total. The molecule has 1 atom stereocenters. The standard InChI is InChI=1S/C16H18O3/c1-19-15-7-3-2-5-13(15)6-4-10-16(18)11-8-14(17)9-12-16/h2-8,11,18H,9-10,12H2,1H3/t16-/m1/s1. The second-order valence-corrected chi connectivity index (χ2v) is 4.75. The van der Waals surface area contributed by atoms with Crippen LogP contribution in [0.25, 0.3) is 6.08 Å². The van der Waals surface area contributed by atoms with Crippen molar-refractivity contribution in [3.05, 3.63) is 48.1 Å². The van der Waals surface area contributed by atoms with E-state index in [1.54, 1.807) is 13.2 Å². The number of allylic oxidation sites excluding steroid dienone is 1. The first-order chi connectivity index (χ1) is 9.13. The number of carbonyl (C=O) groups excluding carboxylic acids is 1. The Balaban J connectivity index is 2.04. The molecule has 1 aromatic carbocycles. The molecule has 1 aromatic rings. The molecule has 0 aliphatic heterocycles. The predicted molar refractivity (Wildman–Crippen MR) is 75.0 cm³/mol. The van der Waals surface area contributed by atoms with Gasteiger partial charge >= 0.3 is 0 Å². The van der Waals surface area contributed by atoms with Crippen molar-refractivity contribution in [2.24, 2.45) is 0 Å². The first-order valence-corrected chi connectivity index (χ1v) is 6.37. The molecule has 19 heavy (non-hydrogen) atoms. The smallest absolute Gasteiger partial charge is 0.155 e. The largest absolute Gasteiger partial charge is 0.496 e. The SMILES string of the molecule is COc1ccccc1C=CC[C@@]1(O)C=CC(=O)CC1. The lowest BCUT2D eigenvalue weighted by molar-refractivity contribution is -0.116. The minimum Gasteiger partial charge on any atom is -0.496 e. The Hall–Kier alpha value is -1.87. The number of para-hydroxylation sites is 1. The second kappa shape index (κ2) is 5.85. The molecule has 0 heterocycles. The highest BCUT2D eigenvalue weighted by atomic mass is 16.5. The van der Waals surface area contributed by atoms with Gasteiger partial charge < -0.3 is 9.84 Å². The van der Waals surface area contributed by atoms with Crippen LogP contribution in [0.2, 0.25) is 0 Å². The van der Waals surface area contributed by atoms with Crippen molar-refractivity contribution in [3.63, 3.8) is 0 Å². The predicted octanol–water partition coefficient (Wildman–Crippen LogP) is 2.75. The molecule has 0 unspecified atom stereocenters. The van der Waals surface area contributed by atoms with E-state index in [-0.39, 0.29) is 5.78 Å². The van der Waals surface area contributed by atoms with E-state index in [1.165, 1.54) is 6.08 Å². The summed E-state index contributed by atoms with van der Waals surface area (Å²) in [6, 6.07) is 7.71. The van der Waals surface area contributed by atoms with E-state index < -0.39 is 5.60 Å². The number of hydrogen-bond acceptors (Lipinski definition) is 3. The first kappa shape index (κ1) is 13.6. The molecule has 0 fully saturated rings. The van der Waals surface area contributed by atoms with E-state index in [1.807, 2.05) is 36.4 Å². The van der Waals surface area contributed by atoms with Crippen LogP contribution in [0.1, 0.15) is 24.8 Å². The monoisotopic (exact) mass is 258 g/mol. The Labute approximate surface area is 113 Å². The summed E-state index contributed by atoms with van der Waals surface area (Å²) in [5.41, 5.74) is 0.0800. The third-order valence-corrected chi connectivity index (χ3v) is 3.29. The summed E-state index contributed by atoms with van der Waals surface area (Å²) in [5, 5.41) is 10.3. The molecule has 0 spiro atoms. The van der Waals surface area contributed by atoms with Crippen molar-refractivity contribution in [2.45, 2.75) is 24.9 Å². The molecule has 0 amide bonds. The van der Waals surface area contributed by atoms with E-state index in [4.69, 9.17) is 4.74 Å². The third kappa shape index (κ3) is 3.55. The molecule has 1 aliphatic carbocycles. The van der Waals surface area contributed by atoms with Gasteiger partial charge in [-0.3, -0.25) is 4.79 Å². The highest BCUT2D eigenvalue weighted by Gasteiger charge is 2.26. The number of hydrogen-bond donors (Lipinski definition) is 1. The molecule has 0 radical (unpaired) electrons. The van der Waals surface area contributed by atoms with Crippen molar-refractivity contribution in [1.82, 2.24) is 0 Å². The Morgan fingerprint density at radius 2 is 2.21 bits per heavy atom. The molecule has 0 aromatic heterocycles.